The van der Waals surface area contributed by atoms with Gasteiger partial charge in [0, 0.05) is 31.1 Å². The van der Waals surface area contributed by atoms with Gasteiger partial charge in [0.25, 0.3) is 0 Å². The van der Waals surface area contributed by atoms with Gasteiger partial charge in [-0.25, -0.2) is 14.5 Å². The highest BCUT2D eigenvalue weighted by Crippen LogP contribution is 2.19. The average Bonchev–Trinajstić information content (AvgIpc) is 3.29. The Hall–Kier alpha value is -3.75. The largest absolute Gasteiger partial charge is 0.472 e. The molecule has 0 N–H and O–H groups in total. The van der Waals surface area contributed by atoms with E-state index in [2.05, 4.69) is 20.5 Å². The summed E-state index contributed by atoms with van der Waals surface area (Å²) in [6, 6.07) is 11.3. The summed E-state index contributed by atoms with van der Waals surface area (Å²) in [5, 5.41) is 12.1. The summed E-state index contributed by atoms with van der Waals surface area (Å²) in [4.78, 5) is 16.6. The minimum absolute atomic E-state index is 0.239. The first-order valence-corrected chi connectivity index (χ1v) is 8.72. The van der Waals surface area contributed by atoms with E-state index in [4.69, 9.17) is 4.74 Å². The highest BCUT2D eigenvalue weighted by Gasteiger charge is 2.14. The molecule has 1 aromatic carbocycles. The molecule has 0 aliphatic heterocycles. The maximum absolute atomic E-state index is 12.2. The van der Waals surface area contributed by atoms with Crippen LogP contribution in [-0.4, -0.2) is 34.6 Å². The maximum Gasteiger partial charge on any atom is 0.368 e. The van der Waals surface area contributed by atoms with E-state index in [-0.39, 0.29) is 12.3 Å². The molecule has 0 fully saturated rings. The molecule has 4 aromatic rings. The normalized spacial score (nSPS) is 11.0. The number of rotatable bonds is 5. The standard InChI is InChI=1S/C19H19N7O2/c1-13-7-8-17(20-11-13)25-10-9-18(21-25)28-12-15-14(2)5-4-6-16(15)26-19(27)24(3)22-23-26/h4-11H,12H2,1-3H3. The van der Waals surface area contributed by atoms with Gasteiger partial charge in [-0.3, -0.25) is 0 Å². The molecule has 9 nitrogen and oxygen atoms in total. The number of ether oxygens (including phenoxy) is 1. The lowest BCUT2D eigenvalue weighted by atomic mass is 10.1. The van der Waals surface area contributed by atoms with Crippen molar-refractivity contribution in [3.8, 4) is 17.4 Å². The summed E-state index contributed by atoms with van der Waals surface area (Å²) in [5.41, 5.74) is 3.22. The number of tetrazole rings is 1. The SMILES string of the molecule is Cc1ccc(-n2ccc(OCc3c(C)cccc3-n3nnn(C)c3=O)n2)nc1. The monoisotopic (exact) mass is 377 g/mol. The zero-order valence-corrected chi connectivity index (χ0v) is 15.8. The van der Waals surface area contributed by atoms with Crippen LogP contribution in [0.3, 0.4) is 0 Å². The third-order valence-corrected chi connectivity index (χ3v) is 4.39. The summed E-state index contributed by atoms with van der Waals surface area (Å²) in [6.45, 7) is 4.18. The van der Waals surface area contributed by atoms with Crippen molar-refractivity contribution in [1.82, 2.24) is 34.6 Å². The molecule has 0 spiro atoms. The molecule has 0 aliphatic rings. The molecule has 142 valence electrons. The summed E-state index contributed by atoms with van der Waals surface area (Å²) < 4.78 is 9.98. The maximum atomic E-state index is 12.2. The van der Waals surface area contributed by atoms with Crippen LogP contribution in [0.25, 0.3) is 11.5 Å². The second-order valence-electron chi connectivity index (χ2n) is 6.45. The van der Waals surface area contributed by atoms with Crippen LogP contribution in [-0.2, 0) is 13.7 Å². The van der Waals surface area contributed by atoms with Gasteiger partial charge in [-0.1, -0.05) is 18.2 Å². The average molecular weight is 377 g/mol. The first-order valence-electron chi connectivity index (χ1n) is 8.72. The van der Waals surface area contributed by atoms with Gasteiger partial charge in [-0.05, 0) is 47.5 Å². The van der Waals surface area contributed by atoms with E-state index in [1.807, 2.05) is 44.2 Å². The van der Waals surface area contributed by atoms with E-state index < -0.39 is 0 Å². The van der Waals surface area contributed by atoms with Crippen molar-refractivity contribution in [2.45, 2.75) is 20.5 Å². The molecule has 0 amide bonds. The molecule has 3 heterocycles. The summed E-state index contributed by atoms with van der Waals surface area (Å²) in [7, 11) is 1.56. The van der Waals surface area contributed by atoms with Gasteiger partial charge in [-0.15, -0.1) is 5.10 Å². The van der Waals surface area contributed by atoms with Crippen LogP contribution in [0.4, 0.5) is 0 Å². The Bertz CT molecular complexity index is 1170. The second-order valence-corrected chi connectivity index (χ2v) is 6.45. The van der Waals surface area contributed by atoms with E-state index in [0.717, 1.165) is 16.7 Å². The number of hydrogen-bond donors (Lipinski definition) is 0. The predicted molar refractivity (Wildman–Crippen MR) is 102 cm³/mol. The third kappa shape index (κ3) is 3.29. The van der Waals surface area contributed by atoms with E-state index in [1.54, 1.807) is 30.2 Å². The van der Waals surface area contributed by atoms with Crippen molar-refractivity contribution in [3.63, 3.8) is 0 Å². The molecule has 0 radical (unpaired) electrons. The van der Waals surface area contributed by atoms with E-state index in [0.29, 0.717) is 17.4 Å². The van der Waals surface area contributed by atoms with E-state index in [9.17, 15) is 4.79 Å². The smallest absolute Gasteiger partial charge is 0.368 e. The topological polar surface area (TPSA) is 92.7 Å². The van der Waals surface area contributed by atoms with Crippen LogP contribution in [0.2, 0.25) is 0 Å². The Balaban J connectivity index is 1.58. The van der Waals surface area contributed by atoms with Crippen LogP contribution in [0.15, 0.2) is 53.6 Å². The molecular weight excluding hydrogens is 358 g/mol. The Kier molecular flexibility index (Phi) is 4.48. The minimum atomic E-state index is -0.318. The highest BCUT2D eigenvalue weighted by molar-refractivity contribution is 5.44. The molecule has 0 atom stereocenters. The van der Waals surface area contributed by atoms with Gasteiger partial charge in [0.1, 0.15) is 6.61 Å². The van der Waals surface area contributed by atoms with Gasteiger partial charge in [0.05, 0.1) is 5.69 Å². The van der Waals surface area contributed by atoms with Crippen LogP contribution < -0.4 is 10.4 Å². The fourth-order valence-corrected chi connectivity index (χ4v) is 2.79. The molecular formula is C19H19N7O2. The highest BCUT2D eigenvalue weighted by atomic mass is 16.5. The lowest BCUT2D eigenvalue weighted by molar-refractivity contribution is 0.290. The van der Waals surface area contributed by atoms with Crippen molar-refractivity contribution >= 4 is 0 Å². The third-order valence-electron chi connectivity index (χ3n) is 4.39. The fourth-order valence-electron chi connectivity index (χ4n) is 2.79. The van der Waals surface area contributed by atoms with E-state index in [1.165, 1.54) is 9.36 Å². The molecule has 0 saturated heterocycles. The Morgan fingerprint density at radius 2 is 1.93 bits per heavy atom. The summed E-state index contributed by atoms with van der Waals surface area (Å²) in [6.07, 6.45) is 3.58. The van der Waals surface area contributed by atoms with Gasteiger partial charge in [0.2, 0.25) is 5.88 Å². The first kappa shape index (κ1) is 17.7. The predicted octanol–water partition coefficient (Wildman–Crippen LogP) is 1.74. The Morgan fingerprint density at radius 1 is 1.07 bits per heavy atom. The second kappa shape index (κ2) is 7.10. The zero-order valence-electron chi connectivity index (χ0n) is 15.8. The molecule has 0 aliphatic carbocycles. The van der Waals surface area contributed by atoms with Crippen molar-refractivity contribution in [3.05, 3.63) is 76.0 Å². The van der Waals surface area contributed by atoms with Crippen molar-refractivity contribution in [2.24, 2.45) is 7.05 Å². The van der Waals surface area contributed by atoms with E-state index >= 15 is 0 Å². The number of benzene rings is 1. The molecule has 0 bridgehead atoms. The first-order chi connectivity index (χ1) is 13.5. The molecule has 28 heavy (non-hydrogen) atoms. The lowest BCUT2D eigenvalue weighted by Gasteiger charge is -2.11. The molecule has 0 unspecified atom stereocenters. The van der Waals surface area contributed by atoms with Crippen LogP contribution >= 0.6 is 0 Å². The minimum Gasteiger partial charge on any atom is -0.472 e. The van der Waals surface area contributed by atoms with Crippen LogP contribution in [0.1, 0.15) is 16.7 Å². The quantitative estimate of drug-likeness (QED) is 0.526. The number of pyridine rings is 1. The zero-order chi connectivity index (χ0) is 19.7. The van der Waals surface area contributed by atoms with Gasteiger partial charge >= 0.3 is 5.69 Å². The number of nitrogens with zero attached hydrogens (tertiary/aromatic N) is 7. The van der Waals surface area contributed by atoms with Crippen LogP contribution in [0.5, 0.6) is 5.88 Å². The van der Waals surface area contributed by atoms with Gasteiger partial charge in [0.15, 0.2) is 5.82 Å². The van der Waals surface area contributed by atoms with Gasteiger partial charge < -0.3 is 4.74 Å². The molecule has 9 heteroatoms. The van der Waals surface area contributed by atoms with Gasteiger partial charge in [-0.2, -0.15) is 9.36 Å². The van der Waals surface area contributed by atoms with Crippen molar-refractivity contribution in [1.29, 1.82) is 0 Å². The fraction of sp³-hybridized carbons (Fsp3) is 0.211. The number of aryl methyl sites for hydroxylation is 3. The summed E-state index contributed by atoms with van der Waals surface area (Å²) >= 11 is 0. The molecule has 3 aromatic heterocycles. The Labute approximate surface area is 160 Å². The van der Waals surface area contributed by atoms with Crippen molar-refractivity contribution in [2.75, 3.05) is 0 Å². The molecule has 4 rings (SSSR count). The summed E-state index contributed by atoms with van der Waals surface area (Å²) in [5.74, 6) is 1.17. The molecule has 0 saturated carbocycles. The lowest BCUT2D eigenvalue weighted by Crippen LogP contribution is -2.23. The Morgan fingerprint density at radius 3 is 2.64 bits per heavy atom. The van der Waals surface area contributed by atoms with Crippen LogP contribution in [0, 0.1) is 13.8 Å². The number of hydrogen-bond acceptors (Lipinski definition) is 6. The number of aromatic nitrogens is 7. The van der Waals surface area contributed by atoms with Crippen molar-refractivity contribution < 1.29 is 4.74 Å².